The van der Waals surface area contributed by atoms with Crippen molar-refractivity contribution >= 4 is 33.0 Å². The summed E-state index contributed by atoms with van der Waals surface area (Å²) in [5, 5.41) is 5.66. The molecule has 1 aromatic rings. The van der Waals surface area contributed by atoms with E-state index >= 15 is 0 Å². The first-order valence-corrected chi connectivity index (χ1v) is 9.72. The van der Waals surface area contributed by atoms with Gasteiger partial charge >= 0.3 is 0 Å². The quantitative estimate of drug-likeness (QED) is 0.606. The van der Waals surface area contributed by atoms with Crippen LogP contribution < -0.4 is 15.6 Å². The molecule has 0 amide bonds. The van der Waals surface area contributed by atoms with Crippen LogP contribution in [0.1, 0.15) is 5.56 Å². The summed E-state index contributed by atoms with van der Waals surface area (Å²) >= 11 is 5.36. The number of aryl methyl sites for hydroxylation is 1. The third-order valence-corrected chi connectivity index (χ3v) is 6.12. The number of hydrazine groups is 1. The summed E-state index contributed by atoms with van der Waals surface area (Å²) in [7, 11) is 1.74. The van der Waals surface area contributed by atoms with Crippen LogP contribution in [0.2, 0.25) is 0 Å². The lowest BCUT2D eigenvalue weighted by Gasteiger charge is -2.31. The maximum Gasteiger partial charge on any atom is 0.242 e. The Kier molecular flexibility index (Phi) is 6.16. The minimum atomic E-state index is -3.47. The summed E-state index contributed by atoms with van der Waals surface area (Å²) in [4.78, 5) is 1.75. The zero-order chi connectivity index (χ0) is 17.9. The molecule has 7 nitrogen and oxygen atoms in total. The first kappa shape index (κ1) is 19.1. The van der Waals surface area contributed by atoms with Crippen LogP contribution in [-0.2, 0) is 10.0 Å². The van der Waals surface area contributed by atoms with Crippen LogP contribution >= 0.6 is 12.2 Å². The molecule has 0 atom stereocenters. The van der Waals surface area contributed by atoms with Gasteiger partial charge in [-0.3, -0.25) is 5.43 Å². The highest BCUT2D eigenvalue weighted by Crippen LogP contribution is 2.21. The molecule has 1 heterocycles. The molecule has 9 heteroatoms. The van der Waals surface area contributed by atoms with Gasteiger partial charge in [-0.25, -0.2) is 17.7 Å². The van der Waals surface area contributed by atoms with Gasteiger partial charge in [0.1, 0.15) is 0 Å². The second-order valence-electron chi connectivity index (χ2n) is 6.27. The Bertz CT molecular complexity index is 698. The van der Waals surface area contributed by atoms with Crippen molar-refractivity contribution in [1.82, 2.24) is 14.7 Å². The van der Waals surface area contributed by atoms with Crippen LogP contribution in [0.5, 0.6) is 0 Å². The van der Waals surface area contributed by atoms with Crippen molar-refractivity contribution in [1.29, 1.82) is 0 Å². The topological polar surface area (TPSA) is 69.1 Å². The van der Waals surface area contributed by atoms with Crippen LogP contribution in [0.15, 0.2) is 23.1 Å². The normalized spacial score (nSPS) is 17.0. The largest absolute Gasteiger partial charge is 0.335 e. The molecule has 134 valence electrons. The fraction of sp³-hybridized carbons (Fsp3) is 0.533. The maximum absolute atomic E-state index is 12.3. The Morgan fingerprint density at radius 2 is 1.92 bits per heavy atom. The summed E-state index contributed by atoms with van der Waals surface area (Å²) in [5.41, 5.74) is 4.80. The lowest BCUT2D eigenvalue weighted by Crippen LogP contribution is -3.12. The van der Waals surface area contributed by atoms with E-state index in [1.54, 1.807) is 18.2 Å². The molecule has 0 radical (unpaired) electrons. The third-order valence-electron chi connectivity index (χ3n) is 4.11. The number of hydrogen-bond donors (Lipinski definition) is 3. The standard InChI is InChI=1S/C15H25N5O2S2/c1-12-5-6-13(24(21,22)18(2)3)11-14(12)16-15(23)17-20-9-7-19(4)8-10-20/h5-6,11H,7-10H2,1-4H3,(H2,16,17,23)/p+1. The van der Waals surface area contributed by atoms with Gasteiger partial charge in [0.05, 0.1) is 38.1 Å². The summed E-state index contributed by atoms with van der Waals surface area (Å²) in [6, 6.07) is 5.00. The number of quaternary nitrogens is 1. The van der Waals surface area contributed by atoms with Gasteiger partial charge in [-0.1, -0.05) is 6.07 Å². The van der Waals surface area contributed by atoms with Crippen LogP contribution in [0.4, 0.5) is 5.69 Å². The molecule has 0 bridgehead atoms. The van der Waals surface area contributed by atoms with Crippen LogP contribution in [0, 0.1) is 6.92 Å². The molecular weight excluding hydrogens is 346 g/mol. The minimum absolute atomic E-state index is 0.242. The minimum Gasteiger partial charge on any atom is -0.335 e. The van der Waals surface area contributed by atoms with Crippen LogP contribution in [-0.4, -0.2) is 70.2 Å². The molecular formula is C15H26N5O2S2+. The molecule has 24 heavy (non-hydrogen) atoms. The monoisotopic (exact) mass is 372 g/mol. The van der Waals surface area contributed by atoms with Gasteiger partial charge in [0.25, 0.3) is 0 Å². The molecule has 1 aliphatic heterocycles. The fourth-order valence-corrected chi connectivity index (χ4v) is 3.57. The van der Waals surface area contributed by atoms with Crippen molar-refractivity contribution in [2.24, 2.45) is 0 Å². The Labute approximate surface area is 149 Å². The number of nitrogens with zero attached hydrogens (tertiary/aromatic N) is 2. The van der Waals surface area contributed by atoms with E-state index in [1.807, 2.05) is 6.92 Å². The molecule has 1 fully saturated rings. The number of piperazine rings is 1. The molecule has 0 aromatic heterocycles. The zero-order valence-corrected chi connectivity index (χ0v) is 16.2. The molecule has 0 aliphatic carbocycles. The highest BCUT2D eigenvalue weighted by atomic mass is 32.2. The summed E-state index contributed by atoms with van der Waals surface area (Å²) in [6.45, 7) is 5.87. The first-order valence-electron chi connectivity index (χ1n) is 7.87. The SMILES string of the molecule is Cc1ccc(S(=O)(=O)N(C)C)cc1NC(=S)NN1CC[NH+](C)CC1. The van der Waals surface area contributed by atoms with E-state index in [4.69, 9.17) is 12.2 Å². The second kappa shape index (κ2) is 7.75. The number of rotatable bonds is 4. The van der Waals surface area contributed by atoms with Crippen molar-refractivity contribution in [3.63, 3.8) is 0 Å². The number of thiocarbonyl (C=S) groups is 1. The van der Waals surface area contributed by atoms with Gasteiger partial charge in [0, 0.05) is 19.8 Å². The molecule has 2 rings (SSSR count). The molecule has 0 unspecified atom stereocenters. The predicted molar refractivity (Wildman–Crippen MR) is 99.6 cm³/mol. The van der Waals surface area contributed by atoms with Gasteiger partial charge in [-0.2, -0.15) is 0 Å². The van der Waals surface area contributed by atoms with E-state index in [1.165, 1.54) is 23.3 Å². The van der Waals surface area contributed by atoms with E-state index in [-0.39, 0.29) is 4.90 Å². The first-order chi connectivity index (χ1) is 11.2. The number of hydrogen-bond acceptors (Lipinski definition) is 4. The maximum atomic E-state index is 12.3. The van der Waals surface area contributed by atoms with Gasteiger partial charge in [-0.05, 0) is 36.8 Å². The van der Waals surface area contributed by atoms with Crippen molar-refractivity contribution < 1.29 is 13.3 Å². The number of nitrogens with one attached hydrogen (secondary N) is 3. The molecule has 1 aromatic carbocycles. The number of likely N-dealkylation sites (N-methyl/N-ethyl adjacent to an activating group) is 1. The number of benzene rings is 1. The van der Waals surface area contributed by atoms with Crippen molar-refractivity contribution in [3.05, 3.63) is 23.8 Å². The Morgan fingerprint density at radius 3 is 2.50 bits per heavy atom. The fourth-order valence-electron chi connectivity index (χ4n) is 2.40. The third kappa shape index (κ3) is 4.64. The second-order valence-corrected chi connectivity index (χ2v) is 8.83. The summed E-state index contributed by atoms with van der Waals surface area (Å²) in [6.07, 6.45) is 0. The zero-order valence-electron chi connectivity index (χ0n) is 14.6. The molecule has 1 aliphatic rings. The molecule has 0 saturated carbocycles. The van der Waals surface area contributed by atoms with E-state index in [0.29, 0.717) is 10.8 Å². The smallest absolute Gasteiger partial charge is 0.242 e. The summed E-state index contributed by atoms with van der Waals surface area (Å²) in [5.74, 6) is 0. The lowest BCUT2D eigenvalue weighted by molar-refractivity contribution is -0.884. The lowest BCUT2D eigenvalue weighted by atomic mass is 10.2. The van der Waals surface area contributed by atoms with E-state index in [2.05, 4.69) is 22.8 Å². The Balaban J connectivity index is 2.07. The average Bonchev–Trinajstić information content (AvgIpc) is 2.51. The van der Waals surface area contributed by atoms with Crippen LogP contribution in [0.3, 0.4) is 0 Å². The molecule has 1 saturated heterocycles. The predicted octanol–water partition coefficient (Wildman–Crippen LogP) is -0.723. The van der Waals surface area contributed by atoms with Gasteiger partial charge < -0.3 is 10.2 Å². The van der Waals surface area contributed by atoms with E-state index < -0.39 is 10.0 Å². The highest BCUT2D eigenvalue weighted by Gasteiger charge is 2.19. The number of anilines is 1. The molecule has 0 spiro atoms. The Morgan fingerprint density at radius 1 is 1.29 bits per heavy atom. The van der Waals surface area contributed by atoms with Gasteiger partial charge in [0.2, 0.25) is 10.0 Å². The average molecular weight is 373 g/mol. The van der Waals surface area contributed by atoms with E-state index in [9.17, 15) is 8.42 Å². The summed E-state index contributed by atoms with van der Waals surface area (Å²) < 4.78 is 25.7. The Hall–Kier alpha value is -1.26. The molecule has 3 N–H and O–H groups in total. The van der Waals surface area contributed by atoms with Crippen molar-refractivity contribution in [3.8, 4) is 0 Å². The van der Waals surface area contributed by atoms with Crippen LogP contribution in [0.25, 0.3) is 0 Å². The van der Waals surface area contributed by atoms with E-state index in [0.717, 1.165) is 31.7 Å². The number of sulfonamides is 1. The van der Waals surface area contributed by atoms with Gasteiger partial charge in [0.15, 0.2) is 5.11 Å². The highest BCUT2D eigenvalue weighted by molar-refractivity contribution is 7.89. The van der Waals surface area contributed by atoms with Gasteiger partial charge in [-0.15, -0.1) is 0 Å². The van der Waals surface area contributed by atoms with Crippen molar-refractivity contribution in [2.75, 3.05) is 52.6 Å². The van der Waals surface area contributed by atoms with Crippen molar-refractivity contribution in [2.45, 2.75) is 11.8 Å².